The number of rotatable bonds is 0. The molecular weight excluding hydrogens is 158 g/mol. The van der Waals surface area contributed by atoms with Crippen LogP contribution in [0.25, 0.3) is 0 Å². The van der Waals surface area contributed by atoms with Crippen molar-refractivity contribution in [1.82, 2.24) is 0 Å². The van der Waals surface area contributed by atoms with E-state index in [2.05, 4.69) is 0 Å². The average molecular weight is 175 g/mol. The van der Waals surface area contributed by atoms with E-state index in [1.165, 1.54) is 0 Å². The third-order valence-electron chi connectivity index (χ3n) is 0. The topological polar surface area (TPSA) is 220 Å². The Morgan fingerprint density at radius 2 is 0.444 bits per heavy atom. The van der Waals surface area contributed by atoms with Gasteiger partial charge in [-0.2, -0.15) is 0 Å². The van der Waals surface area contributed by atoms with Crippen LogP contribution in [-0.4, -0.2) is 38.3 Å². The van der Waals surface area contributed by atoms with Crippen molar-refractivity contribution in [3.63, 3.8) is 0 Å². The molecule has 0 amide bonds. The SMILES string of the molecule is O.O.O.O.O.O.O.[H+].[H-].[H-].[Na+].[Na+]. The normalized spacial score (nSPS) is 0. The van der Waals surface area contributed by atoms with Gasteiger partial charge < -0.3 is 41.2 Å². The molecule has 0 fully saturated rings. The second kappa shape index (κ2) is 250. The quantitative estimate of drug-likeness (QED) is 0.312. The summed E-state index contributed by atoms with van der Waals surface area (Å²) in [6.45, 7) is 0. The van der Waals surface area contributed by atoms with E-state index in [1.807, 2.05) is 0 Å². The zero-order chi connectivity index (χ0) is 0. The van der Waals surface area contributed by atoms with E-state index >= 15 is 0 Å². The molecule has 0 aromatic carbocycles. The fourth-order valence-electron chi connectivity index (χ4n) is 0. The van der Waals surface area contributed by atoms with Crippen molar-refractivity contribution in [2.75, 3.05) is 0 Å². The minimum Gasteiger partial charge on any atom is -1.00 e. The van der Waals surface area contributed by atoms with Gasteiger partial charge in [0.15, 0.2) is 0 Å². The van der Waals surface area contributed by atoms with Crippen LogP contribution in [0.15, 0.2) is 0 Å². The maximum atomic E-state index is 0. The van der Waals surface area contributed by atoms with Gasteiger partial charge in [-0.25, -0.2) is 0 Å². The molecule has 0 saturated carbocycles. The van der Waals surface area contributed by atoms with E-state index in [9.17, 15) is 0 Å². The Morgan fingerprint density at radius 3 is 0.444 bits per heavy atom. The summed E-state index contributed by atoms with van der Waals surface area (Å²) >= 11 is 0. The van der Waals surface area contributed by atoms with Crippen LogP contribution in [0.2, 0.25) is 0 Å². The van der Waals surface area contributed by atoms with Gasteiger partial charge in [-0.05, 0) is 0 Å². The molecule has 0 rings (SSSR count). The Kier molecular flexibility index (Phi) is 9500. The summed E-state index contributed by atoms with van der Waals surface area (Å²) in [5, 5.41) is 0. The van der Waals surface area contributed by atoms with Crippen molar-refractivity contribution < 1.29 is 102 Å². The third kappa shape index (κ3) is 196. The van der Waals surface area contributed by atoms with Gasteiger partial charge in [0.1, 0.15) is 0 Å². The third-order valence-corrected chi connectivity index (χ3v) is 0. The maximum absolute atomic E-state index is 0. The van der Waals surface area contributed by atoms with Crippen molar-refractivity contribution in [3.05, 3.63) is 0 Å². The summed E-state index contributed by atoms with van der Waals surface area (Å²) in [7, 11) is 0. The largest absolute Gasteiger partial charge is 1.00 e. The Balaban J connectivity index is 0. The average Bonchev–Trinajstić information content (AvgIpc) is 0. The molecule has 0 saturated heterocycles. The molecular formula is H17Na2O7+. The number of hydrogen-bond acceptors (Lipinski definition) is 0. The second-order valence-corrected chi connectivity index (χ2v) is 0. The monoisotopic (exact) mass is 175 g/mol. The fraction of sp³-hybridized carbons (Fsp3) is 0. The van der Waals surface area contributed by atoms with E-state index in [0.29, 0.717) is 0 Å². The van der Waals surface area contributed by atoms with Crippen molar-refractivity contribution in [2.45, 2.75) is 0 Å². The summed E-state index contributed by atoms with van der Waals surface area (Å²) in [6, 6.07) is 0. The molecule has 0 aliphatic rings. The first-order valence-corrected chi connectivity index (χ1v) is 0. The van der Waals surface area contributed by atoms with Crippen molar-refractivity contribution in [2.24, 2.45) is 0 Å². The first-order valence-electron chi connectivity index (χ1n) is 0. The van der Waals surface area contributed by atoms with Crippen molar-refractivity contribution >= 4 is 0 Å². The molecule has 0 spiro atoms. The van der Waals surface area contributed by atoms with Crippen LogP contribution in [0, 0.1) is 0 Å². The van der Waals surface area contributed by atoms with Gasteiger partial charge in [-0.3, -0.25) is 0 Å². The molecule has 0 atom stereocenters. The standard InChI is InChI=1S/2Na.7H2O.2H/h;;7*1H2;;/q2*+1;;;;;;;;2*-1/p+1. The Hall–Kier alpha value is 1.72. The summed E-state index contributed by atoms with van der Waals surface area (Å²) in [5.74, 6) is 0. The van der Waals surface area contributed by atoms with E-state index in [4.69, 9.17) is 0 Å². The molecule has 0 aliphatic heterocycles. The van der Waals surface area contributed by atoms with Gasteiger partial charge in [-0.15, -0.1) is 0 Å². The zero-order valence-corrected chi connectivity index (χ0v) is 9.50. The van der Waals surface area contributed by atoms with E-state index in [-0.39, 0.29) is 102 Å². The van der Waals surface area contributed by atoms with Crippen molar-refractivity contribution in [1.29, 1.82) is 0 Å². The molecule has 0 aromatic heterocycles. The van der Waals surface area contributed by atoms with Crippen LogP contribution in [0.4, 0.5) is 0 Å². The molecule has 0 unspecified atom stereocenters. The molecule has 14 N–H and O–H groups in total. The minimum absolute atomic E-state index is 0. The molecule has 60 valence electrons. The second-order valence-electron chi connectivity index (χ2n) is 0. The van der Waals surface area contributed by atoms with E-state index in [1.54, 1.807) is 0 Å². The molecule has 9 heavy (non-hydrogen) atoms. The minimum atomic E-state index is 0. The van der Waals surface area contributed by atoms with E-state index < -0.39 is 0 Å². The molecule has 0 bridgehead atoms. The first kappa shape index (κ1) is 342. The summed E-state index contributed by atoms with van der Waals surface area (Å²) in [6.07, 6.45) is 0. The molecule has 0 aromatic rings. The van der Waals surface area contributed by atoms with Crippen LogP contribution in [-0.2, 0) is 0 Å². The summed E-state index contributed by atoms with van der Waals surface area (Å²) in [4.78, 5) is 0. The van der Waals surface area contributed by atoms with E-state index in [0.717, 1.165) is 0 Å². The number of hydrogen-bond donors (Lipinski definition) is 0. The summed E-state index contributed by atoms with van der Waals surface area (Å²) in [5.41, 5.74) is 0. The van der Waals surface area contributed by atoms with Crippen LogP contribution in [0.5, 0.6) is 0 Å². The van der Waals surface area contributed by atoms with Gasteiger partial charge in [-0.1, -0.05) is 0 Å². The molecule has 9 heteroatoms. The van der Waals surface area contributed by atoms with Gasteiger partial charge in [0.05, 0.1) is 0 Å². The van der Waals surface area contributed by atoms with Gasteiger partial charge in [0, 0.05) is 0 Å². The fourth-order valence-corrected chi connectivity index (χ4v) is 0. The molecule has 7 nitrogen and oxygen atoms in total. The maximum Gasteiger partial charge on any atom is 1.00 e. The van der Waals surface area contributed by atoms with Crippen LogP contribution < -0.4 is 59.1 Å². The van der Waals surface area contributed by atoms with Gasteiger partial charge in [0.2, 0.25) is 0 Å². The Labute approximate surface area is 101 Å². The first-order chi connectivity index (χ1) is 0. The Bertz CT molecular complexity index is 16.6. The molecule has 0 heterocycles. The summed E-state index contributed by atoms with van der Waals surface area (Å²) < 4.78 is 0. The smallest absolute Gasteiger partial charge is 1.00 e. The predicted molar refractivity (Wildman–Crippen MR) is 28.6 cm³/mol. The predicted octanol–water partition coefficient (Wildman–Crippen LogP) is -11.4. The Morgan fingerprint density at radius 1 is 0.444 bits per heavy atom. The molecule has 0 radical (unpaired) electrons. The molecule has 0 aliphatic carbocycles. The van der Waals surface area contributed by atoms with Crippen LogP contribution >= 0.6 is 0 Å². The van der Waals surface area contributed by atoms with Gasteiger partial charge in [0.25, 0.3) is 0 Å². The van der Waals surface area contributed by atoms with Crippen LogP contribution in [0.3, 0.4) is 0 Å². The van der Waals surface area contributed by atoms with Gasteiger partial charge >= 0.3 is 60.5 Å². The van der Waals surface area contributed by atoms with Crippen molar-refractivity contribution in [3.8, 4) is 0 Å². The zero-order valence-electron chi connectivity index (χ0n) is 8.50. The van der Waals surface area contributed by atoms with Crippen LogP contribution in [0.1, 0.15) is 4.28 Å².